The summed E-state index contributed by atoms with van der Waals surface area (Å²) in [6.45, 7) is -2.87. The molecule has 0 spiro atoms. The minimum Gasteiger partial charge on any atom is -0.495 e. The van der Waals surface area contributed by atoms with Gasteiger partial charge in [-0.2, -0.15) is 8.78 Å². The molecule has 0 aliphatic rings. The first kappa shape index (κ1) is 15.5. The molecule has 0 aliphatic carbocycles. The van der Waals surface area contributed by atoms with Crippen LogP contribution < -0.4 is 9.47 Å². The minimum absolute atomic E-state index is 0.0367. The first-order valence-electron chi connectivity index (χ1n) is 6.07. The molecular weight excluding hydrogens is 302 g/mol. The van der Waals surface area contributed by atoms with Crippen LogP contribution >= 0.6 is 11.6 Å². The van der Waals surface area contributed by atoms with Gasteiger partial charge in [0.25, 0.3) is 0 Å². The van der Waals surface area contributed by atoms with Crippen molar-refractivity contribution in [3.8, 4) is 11.5 Å². The molecule has 1 unspecified atom stereocenters. The van der Waals surface area contributed by atoms with Gasteiger partial charge in [0.15, 0.2) is 0 Å². The first-order valence-corrected chi connectivity index (χ1v) is 6.45. The number of aliphatic hydroxyl groups excluding tert-OH is 1. The number of methoxy groups -OCH3 is 1. The largest absolute Gasteiger partial charge is 0.495 e. The molecule has 0 amide bonds. The number of hydrogen-bond acceptors (Lipinski definition) is 3. The number of alkyl halides is 2. The number of halogens is 3. The molecule has 1 N–H and O–H groups in total. The maximum Gasteiger partial charge on any atom is 0.387 e. The van der Waals surface area contributed by atoms with Gasteiger partial charge in [-0.3, -0.25) is 0 Å². The minimum atomic E-state index is -2.87. The van der Waals surface area contributed by atoms with Gasteiger partial charge in [-0.1, -0.05) is 29.8 Å². The molecule has 0 radical (unpaired) electrons. The second-order valence-electron chi connectivity index (χ2n) is 4.24. The fourth-order valence-corrected chi connectivity index (χ4v) is 2.07. The zero-order valence-corrected chi connectivity index (χ0v) is 11.8. The monoisotopic (exact) mass is 314 g/mol. The molecule has 0 saturated carbocycles. The van der Waals surface area contributed by atoms with Gasteiger partial charge in [-0.05, 0) is 35.4 Å². The van der Waals surface area contributed by atoms with Crippen molar-refractivity contribution in [2.24, 2.45) is 0 Å². The summed E-state index contributed by atoms with van der Waals surface area (Å²) < 4.78 is 33.5. The Balaban J connectivity index is 2.21. The van der Waals surface area contributed by atoms with Gasteiger partial charge in [0.1, 0.15) is 17.6 Å². The van der Waals surface area contributed by atoms with Crippen LogP contribution in [-0.4, -0.2) is 18.8 Å². The molecule has 6 heteroatoms. The first-order chi connectivity index (χ1) is 10.0. The van der Waals surface area contributed by atoms with E-state index in [9.17, 15) is 13.9 Å². The standard InChI is InChI=1S/C15H13ClF2O3/c1-20-13-8-10(4-7-12(13)16)14(19)9-2-5-11(6-3-9)21-15(17)18/h2-8,14-15,19H,1H3. The number of benzene rings is 2. The van der Waals surface area contributed by atoms with Crippen molar-refractivity contribution in [2.45, 2.75) is 12.7 Å². The lowest BCUT2D eigenvalue weighted by Gasteiger charge is -2.14. The van der Waals surface area contributed by atoms with E-state index >= 15 is 0 Å². The molecule has 112 valence electrons. The van der Waals surface area contributed by atoms with Crippen LogP contribution in [0.1, 0.15) is 17.2 Å². The second kappa shape index (κ2) is 6.74. The summed E-state index contributed by atoms with van der Waals surface area (Å²) in [5.74, 6) is 0.487. The third kappa shape index (κ3) is 3.83. The Kier molecular flexibility index (Phi) is 4.98. The molecule has 2 rings (SSSR count). The molecule has 2 aromatic rings. The fraction of sp³-hybridized carbons (Fsp3) is 0.200. The molecule has 0 aliphatic heterocycles. The lowest BCUT2D eigenvalue weighted by Crippen LogP contribution is -2.03. The van der Waals surface area contributed by atoms with E-state index in [1.165, 1.54) is 31.4 Å². The van der Waals surface area contributed by atoms with Gasteiger partial charge in [0, 0.05) is 0 Å². The average Bonchev–Trinajstić information content (AvgIpc) is 2.47. The van der Waals surface area contributed by atoms with Crippen LogP contribution in [-0.2, 0) is 0 Å². The van der Waals surface area contributed by atoms with E-state index in [-0.39, 0.29) is 5.75 Å². The lowest BCUT2D eigenvalue weighted by atomic mass is 10.0. The zero-order valence-electron chi connectivity index (χ0n) is 11.1. The van der Waals surface area contributed by atoms with E-state index in [1.54, 1.807) is 18.2 Å². The van der Waals surface area contributed by atoms with Crippen molar-refractivity contribution in [2.75, 3.05) is 7.11 Å². The van der Waals surface area contributed by atoms with Crippen molar-refractivity contribution in [1.29, 1.82) is 0 Å². The Hall–Kier alpha value is -1.85. The van der Waals surface area contributed by atoms with Crippen LogP contribution in [0, 0.1) is 0 Å². The fourth-order valence-electron chi connectivity index (χ4n) is 1.87. The van der Waals surface area contributed by atoms with Crippen molar-refractivity contribution in [3.05, 3.63) is 58.6 Å². The molecule has 0 bridgehead atoms. The van der Waals surface area contributed by atoms with Gasteiger partial charge in [-0.15, -0.1) is 0 Å². The molecule has 21 heavy (non-hydrogen) atoms. The van der Waals surface area contributed by atoms with E-state index in [1.807, 2.05) is 0 Å². The third-order valence-corrected chi connectivity index (χ3v) is 3.22. The molecule has 0 saturated heterocycles. The highest BCUT2D eigenvalue weighted by atomic mass is 35.5. The van der Waals surface area contributed by atoms with Crippen LogP contribution in [0.25, 0.3) is 0 Å². The van der Waals surface area contributed by atoms with Crippen molar-refractivity contribution in [3.63, 3.8) is 0 Å². The summed E-state index contributed by atoms with van der Waals surface area (Å²) in [5.41, 5.74) is 1.12. The molecule has 0 aromatic heterocycles. The lowest BCUT2D eigenvalue weighted by molar-refractivity contribution is -0.0498. The average molecular weight is 315 g/mol. The maximum atomic E-state index is 12.1. The van der Waals surface area contributed by atoms with E-state index in [2.05, 4.69) is 4.74 Å². The summed E-state index contributed by atoms with van der Waals surface area (Å²) in [5, 5.41) is 10.7. The highest BCUT2D eigenvalue weighted by Crippen LogP contribution is 2.31. The normalized spacial score (nSPS) is 12.3. The Bertz CT molecular complexity index is 602. The number of hydrogen-bond donors (Lipinski definition) is 1. The van der Waals surface area contributed by atoms with Crippen LogP contribution in [0.5, 0.6) is 11.5 Å². The smallest absolute Gasteiger partial charge is 0.387 e. The van der Waals surface area contributed by atoms with Gasteiger partial charge in [-0.25, -0.2) is 0 Å². The molecule has 0 heterocycles. The molecule has 1 atom stereocenters. The maximum absolute atomic E-state index is 12.1. The van der Waals surface area contributed by atoms with E-state index in [4.69, 9.17) is 16.3 Å². The Morgan fingerprint density at radius 2 is 1.67 bits per heavy atom. The van der Waals surface area contributed by atoms with E-state index in [0.29, 0.717) is 21.9 Å². The van der Waals surface area contributed by atoms with Gasteiger partial charge in [0.2, 0.25) is 0 Å². The number of rotatable bonds is 5. The number of aliphatic hydroxyl groups is 1. The predicted octanol–water partition coefficient (Wildman–Crippen LogP) is 4.03. The zero-order chi connectivity index (χ0) is 15.4. The van der Waals surface area contributed by atoms with Crippen LogP contribution in [0.3, 0.4) is 0 Å². The topological polar surface area (TPSA) is 38.7 Å². The SMILES string of the molecule is COc1cc(C(O)c2ccc(OC(F)F)cc2)ccc1Cl. The van der Waals surface area contributed by atoms with Crippen molar-refractivity contribution >= 4 is 11.6 Å². The van der Waals surface area contributed by atoms with Crippen LogP contribution in [0.2, 0.25) is 5.02 Å². The highest BCUT2D eigenvalue weighted by Gasteiger charge is 2.13. The predicted molar refractivity (Wildman–Crippen MR) is 75.1 cm³/mol. The van der Waals surface area contributed by atoms with Gasteiger partial charge < -0.3 is 14.6 Å². The second-order valence-corrected chi connectivity index (χ2v) is 4.65. The summed E-state index contributed by atoms with van der Waals surface area (Å²) in [4.78, 5) is 0. The van der Waals surface area contributed by atoms with E-state index in [0.717, 1.165) is 0 Å². The number of ether oxygens (including phenoxy) is 2. The molecule has 3 nitrogen and oxygen atoms in total. The van der Waals surface area contributed by atoms with Crippen LogP contribution in [0.4, 0.5) is 8.78 Å². The molecule has 0 fully saturated rings. The Morgan fingerprint density at radius 1 is 1.05 bits per heavy atom. The Morgan fingerprint density at radius 3 is 2.24 bits per heavy atom. The summed E-state index contributed by atoms with van der Waals surface area (Å²) in [6.07, 6.45) is -0.920. The van der Waals surface area contributed by atoms with Crippen LogP contribution in [0.15, 0.2) is 42.5 Å². The quantitative estimate of drug-likeness (QED) is 0.905. The summed E-state index contributed by atoms with van der Waals surface area (Å²) in [7, 11) is 1.48. The Labute approximate surface area is 125 Å². The summed E-state index contributed by atoms with van der Waals surface area (Å²) in [6, 6.07) is 10.7. The van der Waals surface area contributed by atoms with Crippen molar-refractivity contribution < 1.29 is 23.4 Å². The summed E-state index contributed by atoms with van der Waals surface area (Å²) >= 11 is 5.92. The van der Waals surface area contributed by atoms with Crippen molar-refractivity contribution in [1.82, 2.24) is 0 Å². The van der Waals surface area contributed by atoms with Gasteiger partial charge in [0.05, 0.1) is 12.1 Å². The third-order valence-electron chi connectivity index (χ3n) is 2.91. The molecular formula is C15H13ClF2O3. The van der Waals surface area contributed by atoms with Gasteiger partial charge >= 0.3 is 6.61 Å². The van der Waals surface area contributed by atoms with E-state index < -0.39 is 12.7 Å². The molecule has 2 aromatic carbocycles. The highest BCUT2D eigenvalue weighted by molar-refractivity contribution is 6.32.